The molecular weight excluding hydrogens is 267 g/mol. The molecule has 2 rings (SSSR count). The third-order valence-electron chi connectivity index (χ3n) is 4.12. The van der Waals surface area contributed by atoms with Gasteiger partial charge in [0.2, 0.25) is 5.91 Å². The lowest BCUT2D eigenvalue weighted by Crippen LogP contribution is -2.40. The van der Waals surface area contributed by atoms with Crippen LogP contribution < -0.4 is 10.6 Å². The fourth-order valence-corrected chi connectivity index (χ4v) is 2.90. The normalized spacial score (nSPS) is 17.1. The molecule has 1 aromatic carbocycles. The summed E-state index contributed by atoms with van der Waals surface area (Å²) in [6.07, 6.45) is 4.84. The van der Waals surface area contributed by atoms with Crippen molar-refractivity contribution < 1.29 is 9.18 Å². The Labute approximate surface area is 126 Å². The van der Waals surface area contributed by atoms with E-state index in [0.29, 0.717) is 12.6 Å². The summed E-state index contributed by atoms with van der Waals surface area (Å²) in [5.74, 6) is 0.00583. The molecule has 1 saturated carbocycles. The van der Waals surface area contributed by atoms with E-state index < -0.39 is 0 Å². The molecule has 0 bridgehead atoms. The van der Waals surface area contributed by atoms with Crippen molar-refractivity contribution in [1.29, 1.82) is 0 Å². The molecule has 3 nitrogen and oxygen atoms in total. The van der Waals surface area contributed by atoms with Crippen LogP contribution in [0.15, 0.2) is 24.3 Å². The van der Waals surface area contributed by atoms with Gasteiger partial charge < -0.3 is 10.6 Å². The summed E-state index contributed by atoms with van der Waals surface area (Å²) in [4.78, 5) is 12.1. The molecule has 1 amide bonds. The first-order valence-electron chi connectivity index (χ1n) is 7.84. The van der Waals surface area contributed by atoms with Gasteiger partial charge in [0, 0.05) is 6.04 Å². The van der Waals surface area contributed by atoms with E-state index >= 15 is 0 Å². The Hall–Kier alpha value is -1.42. The van der Waals surface area contributed by atoms with E-state index in [9.17, 15) is 9.18 Å². The Kier molecular flexibility index (Phi) is 5.74. The lowest BCUT2D eigenvalue weighted by atomic mass is 9.96. The van der Waals surface area contributed by atoms with Crippen LogP contribution in [0.5, 0.6) is 0 Å². The number of rotatable bonds is 6. The van der Waals surface area contributed by atoms with Gasteiger partial charge in [0.05, 0.1) is 12.6 Å². The van der Waals surface area contributed by atoms with Gasteiger partial charge in [-0.3, -0.25) is 4.79 Å². The second-order valence-corrected chi connectivity index (χ2v) is 6.20. The van der Waals surface area contributed by atoms with Crippen molar-refractivity contribution in [3.63, 3.8) is 0 Å². The van der Waals surface area contributed by atoms with Gasteiger partial charge in [-0.2, -0.15) is 0 Å². The minimum absolute atomic E-state index is 0.00456. The molecule has 0 saturated heterocycles. The van der Waals surface area contributed by atoms with Crippen molar-refractivity contribution in [3.8, 4) is 0 Å². The Morgan fingerprint density at radius 2 is 1.86 bits per heavy atom. The molecular formula is C17H25FN2O. The molecule has 0 heterocycles. The van der Waals surface area contributed by atoms with Gasteiger partial charge in [-0.1, -0.05) is 38.8 Å². The average molecular weight is 292 g/mol. The maximum Gasteiger partial charge on any atom is 0.234 e. The highest BCUT2D eigenvalue weighted by atomic mass is 19.1. The lowest BCUT2D eigenvalue weighted by molar-refractivity contribution is -0.121. The zero-order valence-electron chi connectivity index (χ0n) is 12.9. The van der Waals surface area contributed by atoms with E-state index in [1.165, 1.54) is 37.8 Å². The van der Waals surface area contributed by atoms with Crippen LogP contribution in [-0.2, 0) is 4.79 Å². The highest BCUT2D eigenvalue weighted by molar-refractivity contribution is 5.78. The number of hydrogen-bond acceptors (Lipinski definition) is 2. The van der Waals surface area contributed by atoms with Gasteiger partial charge in [0.1, 0.15) is 5.82 Å². The number of carbonyl (C=O) groups excluding carboxylic acids is 1. The van der Waals surface area contributed by atoms with Crippen molar-refractivity contribution >= 4 is 5.91 Å². The monoisotopic (exact) mass is 292 g/mol. The third kappa shape index (κ3) is 4.81. The second kappa shape index (κ2) is 7.55. The Morgan fingerprint density at radius 1 is 1.24 bits per heavy atom. The van der Waals surface area contributed by atoms with Crippen LogP contribution >= 0.6 is 0 Å². The van der Waals surface area contributed by atoms with Crippen LogP contribution in [0.1, 0.15) is 51.1 Å². The maximum absolute atomic E-state index is 13.0. The van der Waals surface area contributed by atoms with Crippen molar-refractivity contribution in [2.75, 3.05) is 6.54 Å². The van der Waals surface area contributed by atoms with E-state index in [0.717, 1.165) is 5.56 Å². The van der Waals surface area contributed by atoms with Crippen molar-refractivity contribution in [2.24, 2.45) is 5.92 Å². The standard InChI is InChI=1S/C17H25FN2O/c1-12(2)17(13-7-9-14(18)10-8-13)20-16(21)11-19-15-5-3-4-6-15/h7-10,12,15,17,19H,3-6,11H2,1-2H3,(H,20,21). The first-order chi connectivity index (χ1) is 10.1. The van der Waals surface area contributed by atoms with Crippen LogP contribution in [0.2, 0.25) is 0 Å². The molecule has 0 aromatic heterocycles. The van der Waals surface area contributed by atoms with E-state index in [2.05, 4.69) is 24.5 Å². The number of benzene rings is 1. The summed E-state index contributed by atoms with van der Waals surface area (Å²) in [7, 11) is 0. The van der Waals surface area contributed by atoms with E-state index in [-0.39, 0.29) is 23.7 Å². The third-order valence-corrected chi connectivity index (χ3v) is 4.12. The molecule has 1 aromatic rings. The van der Waals surface area contributed by atoms with Gasteiger partial charge in [0.25, 0.3) is 0 Å². The fourth-order valence-electron chi connectivity index (χ4n) is 2.90. The Morgan fingerprint density at radius 3 is 2.43 bits per heavy atom. The molecule has 1 fully saturated rings. The second-order valence-electron chi connectivity index (χ2n) is 6.20. The zero-order valence-corrected chi connectivity index (χ0v) is 12.9. The quantitative estimate of drug-likeness (QED) is 0.845. The molecule has 1 atom stereocenters. The van der Waals surface area contributed by atoms with Crippen LogP contribution in [-0.4, -0.2) is 18.5 Å². The minimum atomic E-state index is -0.254. The van der Waals surface area contributed by atoms with E-state index in [1.54, 1.807) is 12.1 Å². The smallest absolute Gasteiger partial charge is 0.234 e. The first kappa shape index (κ1) is 16.0. The number of nitrogens with one attached hydrogen (secondary N) is 2. The summed E-state index contributed by atoms with van der Waals surface area (Å²) in [6.45, 7) is 4.46. The van der Waals surface area contributed by atoms with Crippen LogP contribution in [0.3, 0.4) is 0 Å². The van der Waals surface area contributed by atoms with Crippen molar-refractivity contribution in [1.82, 2.24) is 10.6 Å². The molecule has 0 radical (unpaired) electrons. The molecule has 116 valence electrons. The van der Waals surface area contributed by atoms with Crippen LogP contribution in [0.25, 0.3) is 0 Å². The molecule has 0 spiro atoms. The van der Waals surface area contributed by atoms with Gasteiger partial charge in [-0.25, -0.2) is 4.39 Å². The maximum atomic E-state index is 13.0. The van der Waals surface area contributed by atoms with Gasteiger partial charge >= 0.3 is 0 Å². The number of carbonyl (C=O) groups is 1. The SMILES string of the molecule is CC(C)C(NC(=O)CNC1CCCC1)c1ccc(F)cc1. The minimum Gasteiger partial charge on any atom is -0.348 e. The summed E-state index contributed by atoms with van der Waals surface area (Å²) in [5.41, 5.74) is 0.945. The topological polar surface area (TPSA) is 41.1 Å². The van der Waals surface area contributed by atoms with E-state index in [1.807, 2.05) is 0 Å². The summed E-state index contributed by atoms with van der Waals surface area (Å²) in [6, 6.07) is 6.76. The Bertz CT molecular complexity index is 452. The fraction of sp³-hybridized carbons (Fsp3) is 0.588. The Balaban J connectivity index is 1.89. The van der Waals surface area contributed by atoms with Gasteiger partial charge in [-0.05, 0) is 36.5 Å². The number of halogens is 1. The van der Waals surface area contributed by atoms with Crippen molar-refractivity contribution in [3.05, 3.63) is 35.6 Å². The molecule has 21 heavy (non-hydrogen) atoms. The summed E-state index contributed by atoms with van der Waals surface area (Å²) >= 11 is 0. The largest absolute Gasteiger partial charge is 0.348 e. The molecule has 1 unspecified atom stereocenters. The molecule has 4 heteroatoms. The molecule has 1 aliphatic rings. The lowest BCUT2D eigenvalue weighted by Gasteiger charge is -2.23. The van der Waals surface area contributed by atoms with Crippen LogP contribution in [0.4, 0.5) is 4.39 Å². The average Bonchev–Trinajstić information content (AvgIpc) is 2.97. The predicted octanol–water partition coefficient (Wildman–Crippen LogP) is 3.17. The zero-order chi connectivity index (χ0) is 15.2. The van der Waals surface area contributed by atoms with Crippen molar-refractivity contribution in [2.45, 2.75) is 51.6 Å². The van der Waals surface area contributed by atoms with E-state index in [4.69, 9.17) is 0 Å². The highest BCUT2D eigenvalue weighted by Gasteiger charge is 2.20. The molecule has 1 aliphatic carbocycles. The summed E-state index contributed by atoms with van der Waals surface area (Å²) in [5, 5.41) is 6.37. The van der Waals surface area contributed by atoms with Gasteiger partial charge in [0.15, 0.2) is 0 Å². The molecule has 0 aliphatic heterocycles. The van der Waals surface area contributed by atoms with Crippen LogP contribution in [0, 0.1) is 11.7 Å². The number of amides is 1. The molecule has 2 N–H and O–H groups in total. The number of hydrogen-bond donors (Lipinski definition) is 2. The first-order valence-corrected chi connectivity index (χ1v) is 7.84. The summed E-state index contributed by atoms with van der Waals surface area (Å²) < 4.78 is 13.0. The predicted molar refractivity (Wildman–Crippen MR) is 82.4 cm³/mol. The highest BCUT2D eigenvalue weighted by Crippen LogP contribution is 2.22. The van der Waals surface area contributed by atoms with Gasteiger partial charge in [-0.15, -0.1) is 0 Å².